The number of aliphatic hydroxyl groups is 1. The fourth-order valence-corrected chi connectivity index (χ4v) is 3.89. The summed E-state index contributed by atoms with van der Waals surface area (Å²) in [5, 5.41) is 13.8. The number of fused-ring (bicyclic) bond motifs is 1. The van der Waals surface area contributed by atoms with E-state index in [-0.39, 0.29) is 30.0 Å². The van der Waals surface area contributed by atoms with Gasteiger partial charge < -0.3 is 33.5 Å². The van der Waals surface area contributed by atoms with Crippen LogP contribution in [0.2, 0.25) is 0 Å². The normalized spacial score (nSPS) is 23.4. The smallest absolute Gasteiger partial charge is 0.416 e. The van der Waals surface area contributed by atoms with Gasteiger partial charge in [-0.15, -0.1) is 0 Å². The van der Waals surface area contributed by atoms with Crippen molar-refractivity contribution in [1.29, 1.82) is 0 Å². The summed E-state index contributed by atoms with van der Waals surface area (Å²) in [5.74, 6) is -0.515. The van der Waals surface area contributed by atoms with Gasteiger partial charge in [0.25, 0.3) is 0 Å². The second-order valence-corrected chi connectivity index (χ2v) is 6.97. The van der Waals surface area contributed by atoms with Crippen molar-refractivity contribution in [1.82, 2.24) is 5.16 Å². The molecule has 3 saturated heterocycles. The van der Waals surface area contributed by atoms with Crippen molar-refractivity contribution in [3.63, 3.8) is 0 Å². The maximum atomic E-state index is 15.6. The molecule has 0 aliphatic carbocycles. The summed E-state index contributed by atoms with van der Waals surface area (Å²) in [4.78, 5) is 15.2. The van der Waals surface area contributed by atoms with Crippen molar-refractivity contribution < 1.29 is 37.8 Å². The Morgan fingerprint density at radius 1 is 1.21 bits per heavy atom. The Hall–Kier alpha value is -2.47. The molecule has 29 heavy (non-hydrogen) atoms. The number of amides is 1. The van der Waals surface area contributed by atoms with Gasteiger partial charge in [0.2, 0.25) is 5.58 Å². The fraction of sp³-hybridized carbons (Fsp3) is 0.556. The molecule has 3 fully saturated rings. The van der Waals surface area contributed by atoms with Crippen LogP contribution in [0.5, 0.6) is 0 Å². The monoisotopic (exact) mass is 409 g/mol. The molecule has 3 aliphatic rings. The summed E-state index contributed by atoms with van der Waals surface area (Å²) < 4.78 is 42.6. The Balaban J connectivity index is 1.67. The molecule has 3 aliphatic heterocycles. The number of benzene rings is 1. The van der Waals surface area contributed by atoms with Crippen LogP contribution in [0.25, 0.3) is 11.0 Å². The lowest BCUT2D eigenvalue weighted by molar-refractivity contribution is -0.0439. The van der Waals surface area contributed by atoms with Gasteiger partial charge in [-0.05, 0) is 6.07 Å². The van der Waals surface area contributed by atoms with E-state index in [1.54, 1.807) is 6.07 Å². The van der Waals surface area contributed by atoms with Gasteiger partial charge in [0.15, 0.2) is 17.9 Å². The highest BCUT2D eigenvalue weighted by Gasteiger charge is 2.39. The lowest BCUT2D eigenvalue weighted by Gasteiger charge is -2.31. The molecule has 1 atom stereocenters. The number of carbonyl (C=O) groups excluding carboxylic acids is 1. The summed E-state index contributed by atoms with van der Waals surface area (Å²) >= 11 is 0. The van der Waals surface area contributed by atoms with Crippen molar-refractivity contribution in [3.05, 3.63) is 17.4 Å². The van der Waals surface area contributed by atoms with Crippen LogP contribution in [0.15, 0.2) is 10.6 Å². The predicted octanol–water partition coefficient (Wildman–Crippen LogP) is 1.17. The number of anilines is 2. The number of hydrogen-bond donors (Lipinski definition) is 1. The first kappa shape index (κ1) is 18.6. The maximum Gasteiger partial charge on any atom is 0.416 e. The molecule has 11 heteroatoms. The summed E-state index contributed by atoms with van der Waals surface area (Å²) in [6, 6.07) is 1.05. The topological polar surface area (TPSA) is 107 Å². The van der Waals surface area contributed by atoms with Crippen molar-refractivity contribution in [2.24, 2.45) is 0 Å². The molecule has 5 rings (SSSR count). The van der Waals surface area contributed by atoms with Crippen LogP contribution in [0.1, 0.15) is 11.9 Å². The van der Waals surface area contributed by atoms with Gasteiger partial charge >= 0.3 is 6.09 Å². The van der Waals surface area contributed by atoms with E-state index in [9.17, 15) is 9.90 Å². The molecule has 1 aromatic heterocycles. The number of ether oxygens (including phenoxy) is 4. The number of aliphatic hydroxyl groups excluding tert-OH is 1. The predicted molar refractivity (Wildman–Crippen MR) is 96.3 cm³/mol. The number of nitrogens with zero attached hydrogens (tertiary/aromatic N) is 3. The SMILES string of the molecule is O=C1OCC(CO)N1c1noc2c(F)c(N3CCOCC3)c(C3OCCO3)cc12. The quantitative estimate of drug-likeness (QED) is 0.796. The van der Waals surface area contributed by atoms with E-state index < -0.39 is 24.2 Å². The van der Waals surface area contributed by atoms with Gasteiger partial charge in [-0.2, -0.15) is 0 Å². The average Bonchev–Trinajstić information content (AvgIpc) is 3.48. The van der Waals surface area contributed by atoms with Gasteiger partial charge in [-0.3, -0.25) is 0 Å². The van der Waals surface area contributed by atoms with Gasteiger partial charge in [0, 0.05) is 18.7 Å². The van der Waals surface area contributed by atoms with Crippen LogP contribution < -0.4 is 9.80 Å². The number of halogens is 1. The molecule has 10 nitrogen and oxygen atoms in total. The lowest BCUT2D eigenvalue weighted by Crippen LogP contribution is -2.38. The number of carbonyl (C=O) groups is 1. The first-order chi connectivity index (χ1) is 14.2. The Labute approximate surface area is 164 Å². The number of aromatic nitrogens is 1. The fourth-order valence-electron chi connectivity index (χ4n) is 3.89. The van der Waals surface area contributed by atoms with Crippen LogP contribution in [-0.2, 0) is 18.9 Å². The minimum Gasteiger partial charge on any atom is -0.447 e. The minimum atomic E-state index is -0.742. The Morgan fingerprint density at radius 3 is 2.69 bits per heavy atom. The van der Waals surface area contributed by atoms with E-state index >= 15 is 4.39 Å². The van der Waals surface area contributed by atoms with E-state index in [0.717, 1.165) is 0 Å². The molecule has 156 valence electrons. The average molecular weight is 409 g/mol. The third-order valence-corrected chi connectivity index (χ3v) is 5.29. The molecule has 1 aromatic carbocycles. The van der Waals surface area contributed by atoms with Crippen molar-refractivity contribution >= 4 is 28.6 Å². The number of cyclic esters (lactones) is 1. The summed E-state index contributed by atoms with van der Waals surface area (Å²) in [7, 11) is 0. The zero-order chi connectivity index (χ0) is 20.0. The van der Waals surface area contributed by atoms with Gasteiger partial charge in [0.05, 0.1) is 50.1 Å². The molecule has 1 unspecified atom stereocenters. The zero-order valence-electron chi connectivity index (χ0n) is 15.5. The number of morpholine rings is 1. The molecule has 2 aromatic rings. The highest BCUT2D eigenvalue weighted by Crippen LogP contribution is 2.42. The molecule has 1 N–H and O–H groups in total. The highest BCUT2D eigenvalue weighted by molar-refractivity contribution is 6.01. The molecule has 0 spiro atoms. The Kier molecular flexibility index (Phi) is 4.74. The van der Waals surface area contributed by atoms with E-state index in [1.165, 1.54) is 4.90 Å². The van der Waals surface area contributed by atoms with E-state index in [2.05, 4.69) is 5.16 Å². The first-order valence-corrected chi connectivity index (χ1v) is 9.43. The van der Waals surface area contributed by atoms with Crippen LogP contribution in [0, 0.1) is 5.82 Å². The molecule has 1 amide bonds. The molecular weight excluding hydrogens is 389 g/mol. The maximum absolute atomic E-state index is 15.6. The molecule has 4 heterocycles. The standard InChI is InChI=1S/C18H20FN3O7/c19-13-14(21-1-3-25-4-2-21)11(17-26-5-6-27-17)7-12-15(13)29-20-16(12)22-10(8-23)9-28-18(22)24/h7,10,17,23H,1-6,8-9H2. The van der Waals surface area contributed by atoms with E-state index in [0.29, 0.717) is 50.8 Å². The van der Waals surface area contributed by atoms with Crippen molar-refractivity contribution in [2.75, 3.05) is 62.5 Å². The molecular formula is C18H20FN3O7. The van der Waals surface area contributed by atoms with Crippen molar-refractivity contribution in [3.8, 4) is 0 Å². The van der Waals surface area contributed by atoms with Crippen molar-refractivity contribution in [2.45, 2.75) is 12.3 Å². The van der Waals surface area contributed by atoms with Crippen LogP contribution in [0.3, 0.4) is 0 Å². The number of rotatable bonds is 4. The van der Waals surface area contributed by atoms with Gasteiger partial charge in [-0.25, -0.2) is 14.1 Å². The summed E-state index contributed by atoms with van der Waals surface area (Å²) in [5.41, 5.74) is 0.727. The second-order valence-electron chi connectivity index (χ2n) is 6.97. The third kappa shape index (κ3) is 3.01. The minimum absolute atomic E-state index is 0.0136. The van der Waals surface area contributed by atoms with Gasteiger partial charge in [-0.1, -0.05) is 5.16 Å². The second kappa shape index (κ2) is 7.41. The van der Waals surface area contributed by atoms with Gasteiger partial charge in [0.1, 0.15) is 6.61 Å². The molecule has 0 bridgehead atoms. The van der Waals surface area contributed by atoms with Crippen LogP contribution in [-0.4, -0.2) is 75.1 Å². The first-order valence-electron chi connectivity index (χ1n) is 9.43. The number of hydrogen-bond acceptors (Lipinski definition) is 9. The summed E-state index contributed by atoms with van der Waals surface area (Å²) in [6.45, 7) is 2.45. The third-order valence-electron chi connectivity index (χ3n) is 5.29. The van der Waals surface area contributed by atoms with Crippen LogP contribution in [0.4, 0.5) is 20.7 Å². The molecule has 0 radical (unpaired) electrons. The Morgan fingerprint density at radius 2 is 1.97 bits per heavy atom. The largest absolute Gasteiger partial charge is 0.447 e. The Bertz CT molecular complexity index is 924. The zero-order valence-corrected chi connectivity index (χ0v) is 15.5. The lowest BCUT2D eigenvalue weighted by atomic mass is 10.1. The molecule has 0 saturated carbocycles. The highest BCUT2D eigenvalue weighted by atomic mass is 19.1. The van der Waals surface area contributed by atoms with E-state index in [1.807, 2.05) is 4.90 Å². The van der Waals surface area contributed by atoms with E-state index in [4.69, 9.17) is 23.5 Å². The summed E-state index contributed by atoms with van der Waals surface area (Å²) in [6.07, 6.45) is -1.42. The van der Waals surface area contributed by atoms with Crippen LogP contribution >= 0.6 is 0 Å².